The number of rotatable bonds is 7. The average molecular weight is 576 g/mol. The van der Waals surface area contributed by atoms with Crippen LogP contribution in [0.1, 0.15) is 72.3 Å². The molecule has 0 unspecified atom stereocenters. The second kappa shape index (κ2) is 10.6. The Kier molecular flexibility index (Phi) is 7.92. The molecule has 2 amide bonds. The third-order valence-electron chi connectivity index (χ3n) is 6.56. The second-order valence-electron chi connectivity index (χ2n) is 10.9. The molecule has 1 aliphatic carbocycles. The standard InChI is InChI=1S/C25H30F5N5O3S/c1-23(2,38)12-32-20(36)21-34-17(22(37)35-6-4-14(26)5-7-35)18(39-21)13-8-16(25(28,29)30)19(31-11-13)33-15-9-24(3,27)10-15/h8,11,14-15,38H,4-7,9-10,12H2,1-3H3,(H,31,33)(H,32,36). The number of hydrogen-bond donors (Lipinski definition) is 3. The van der Waals surface area contributed by atoms with E-state index in [0.29, 0.717) is 11.3 Å². The Balaban J connectivity index is 1.71. The lowest BCUT2D eigenvalue weighted by Crippen LogP contribution is -2.45. The van der Waals surface area contributed by atoms with Gasteiger partial charge in [-0.2, -0.15) is 13.2 Å². The van der Waals surface area contributed by atoms with Gasteiger partial charge in [0.15, 0.2) is 5.01 Å². The highest BCUT2D eigenvalue weighted by Gasteiger charge is 2.43. The molecular weight excluding hydrogens is 545 g/mol. The van der Waals surface area contributed by atoms with Crippen molar-refractivity contribution in [2.24, 2.45) is 0 Å². The summed E-state index contributed by atoms with van der Waals surface area (Å²) in [5, 5.41) is 14.9. The number of likely N-dealkylation sites (tertiary alicyclic amines) is 1. The van der Waals surface area contributed by atoms with E-state index in [0.717, 1.165) is 12.3 Å². The molecule has 1 aliphatic heterocycles. The summed E-state index contributed by atoms with van der Waals surface area (Å²) in [5.41, 5.74) is -4.12. The molecule has 14 heteroatoms. The van der Waals surface area contributed by atoms with Gasteiger partial charge in [-0.05, 0) is 39.7 Å². The molecule has 3 N–H and O–H groups in total. The van der Waals surface area contributed by atoms with Crippen molar-refractivity contribution in [3.8, 4) is 10.4 Å². The van der Waals surface area contributed by atoms with Crippen LogP contribution in [0.5, 0.6) is 0 Å². The number of anilines is 1. The molecule has 1 saturated heterocycles. The van der Waals surface area contributed by atoms with Crippen molar-refractivity contribution in [2.75, 3.05) is 25.0 Å². The molecule has 2 aromatic heterocycles. The Hall–Kier alpha value is -2.87. The molecule has 0 atom stereocenters. The fourth-order valence-corrected chi connectivity index (χ4v) is 5.47. The SMILES string of the molecule is CC(C)(O)CNC(=O)c1nc(C(=O)N2CCC(F)CC2)c(-c2cnc(NC3CC(C)(F)C3)c(C(F)(F)F)c2)s1. The average Bonchev–Trinajstić information content (AvgIpc) is 3.26. The van der Waals surface area contributed by atoms with E-state index in [1.165, 1.54) is 25.7 Å². The van der Waals surface area contributed by atoms with Gasteiger partial charge in [0.05, 0.1) is 16.0 Å². The van der Waals surface area contributed by atoms with Gasteiger partial charge in [-0.15, -0.1) is 11.3 Å². The Bertz CT molecular complexity index is 1230. The van der Waals surface area contributed by atoms with Gasteiger partial charge in [0.1, 0.15) is 23.4 Å². The number of piperidine rings is 1. The Morgan fingerprint density at radius 2 is 1.87 bits per heavy atom. The monoisotopic (exact) mass is 575 g/mol. The summed E-state index contributed by atoms with van der Waals surface area (Å²) in [6, 6.07) is 0.309. The number of aliphatic hydroxyl groups is 1. The summed E-state index contributed by atoms with van der Waals surface area (Å²) in [5.74, 6) is -1.81. The van der Waals surface area contributed by atoms with Crippen LogP contribution in [0.25, 0.3) is 10.4 Å². The molecule has 2 aromatic rings. The summed E-state index contributed by atoms with van der Waals surface area (Å²) in [4.78, 5) is 35.5. The van der Waals surface area contributed by atoms with E-state index in [2.05, 4.69) is 20.6 Å². The van der Waals surface area contributed by atoms with Gasteiger partial charge in [0.25, 0.3) is 11.8 Å². The minimum absolute atomic E-state index is 0.000285. The number of amides is 2. The number of aromatic nitrogens is 2. The van der Waals surface area contributed by atoms with E-state index >= 15 is 0 Å². The zero-order valence-electron chi connectivity index (χ0n) is 21.7. The maximum absolute atomic E-state index is 14.0. The van der Waals surface area contributed by atoms with Gasteiger partial charge in [0, 0.05) is 50.3 Å². The highest BCUT2D eigenvalue weighted by Crippen LogP contribution is 2.42. The Morgan fingerprint density at radius 3 is 2.44 bits per heavy atom. The van der Waals surface area contributed by atoms with E-state index in [-0.39, 0.29) is 66.5 Å². The zero-order valence-corrected chi connectivity index (χ0v) is 22.5. The lowest BCUT2D eigenvalue weighted by molar-refractivity contribution is -0.137. The van der Waals surface area contributed by atoms with Crippen molar-refractivity contribution < 1.29 is 36.6 Å². The first-order chi connectivity index (χ1) is 18.0. The number of carbonyl (C=O) groups excluding carboxylic acids is 2. The number of nitrogens with one attached hydrogen (secondary N) is 2. The fourth-order valence-electron chi connectivity index (χ4n) is 4.51. The first-order valence-corrected chi connectivity index (χ1v) is 13.3. The van der Waals surface area contributed by atoms with Crippen LogP contribution >= 0.6 is 11.3 Å². The van der Waals surface area contributed by atoms with Gasteiger partial charge in [-0.1, -0.05) is 0 Å². The number of thiazole rings is 1. The summed E-state index contributed by atoms with van der Waals surface area (Å²) in [6.07, 6.45) is -4.43. The molecule has 0 radical (unpaired) electrons. The highest BCUT2D eigenvalue weighted by atomic mass is 32.1. The van der Waals surface area contributed by atoms with Gasteiger partial charge >= 0.3 is 6.18 Å². The number of carbonyl (C=O) groups is 2. The predicted molar refractivity (Wildman–Crippen MR) is 135 cm³/mol. The number of hydrogen-bond acceptors (Lipinski definition) is 7. The highest BCUT2D eigenvalue weighted by molar-refractivity contribution is 7.17. The molecule has 2 aliphatic rings. The molecule has 0 spiro atoms. The third-order valence-corrected chi connectivity index (χ3v) is 7.66. The number of pyridine rings is 1. The minimum atomic E-state index is -4.82. The van der Waals surface area contributed by atoms with E-state index < -0.39 is 52.9 Å². The van der Waals surface area contributed by atoms with Crippen molar-refractivity contribution >= 4 is 29.0 Å². The maximum atomic E-state index is 14.0. The van der Waals surface area contributed by atoms with Crippen molar-refractivity contribution in [3.05, 3.63) is 28.5 Å². The Labute approximate surface area is 226 Å². The van der Waals surface area contributed by atoms with E-state index in [4.69, 9.17) is 0 Å². The maximum Gasteiger partial charge on any atom is 0.419 e. The van der Waals surface area contributed by atoms with Gasteiger partial charge in [-0.3, -0.25) is 9.59 Å². The normalized spacial score (nSPS) is 22.4. The third kappa shape index (κ3) is 7.02. The molecule has 2 fully saturated rings. The number of halogens is 5. The van der Waals surface area contributed by atoms with Crippen LogP contribution in [0.3, 0.4) is 0 Å². The minimum Gasteiger partial charge on any atom is -0.389 e. The predicted octanol–water partition coefficient (Wildman–Crippen LogP) is 4.60. The summed E-state index contributed by atoms with van der Waals surface area (Å²) < 4.78 is 69.6. The fraction of sp³-hybridized carbons (Fsp3) is 0.600. The van der Waals surface area contributed by atoms with Crippen LogP contribution in [-0.4, -0.2) is 74.9 Å². The molecule has 4 rings (SSSR count). The van der Waals surface area contributed by atoms with Crippen molar-refractivity contribution in [2.45, 2.75) is 76.1 Å². The van der Waals surface area contributed by atoms with Crippen molar-refractivity contribution in [1.29, 1.82) is 0 Å². The number of nitrogens with zero attached hydrogens (tertiary/aromatic N) is 3. The molecule has 3 heterocycles. The number of alkyl halides is 5. The summed E-state index contributed by atoms with van der Waals surface area (Å²) >= 11 is 0.715. The largest absolute Gasteiger partial charge is 0.419 e. The zero-order chi connectivity index (χ0) is 28.8. The van der Waals surface area contributed by atoms with Crippen LogP contribution in [0, 0.1) is 0 Å². The first-order valence-electron chi connectivity index (χ1n) is 12.5. The van der Waals surface area contributed by atoms with Crippen LogP contribution in [-0.2, 0) is 6.18 Å². The van der Waals surface area contributed by atoms with Crippen molar-refractivity contribution in [3.63, 3.8) is 0 Å². The van der Waals surface area contributed by atoms with E-state index in [1.807, 2.05) is 0 Å². The molecule has 214 valence electrons. The van der Waals surface area contributed by atoms with Gasteiger partial charge < -0.3 is 20.6 Å². The topological polar surface area (TPSA) is 107 Å². The van der Waals surface area contributed by atoms with E-state index in [1.54, 1.807) is 0 Å². The molecule has 0 bridgehead atoms. The van der Waals surface area contributed by atoms with Crippen molar-refractivity contribution in [1.82, 2.24) is 20.2 Å². The van der Waals surface area contributed by atoms with Gasteiger partial charge in [-0.25, -0.2) is 18.7 Å². The Morgan fingerprint density at radius 1 is 1.23 bits per heavy atom. The quantitative estimate of drug-likeness (QED) is 0.417. The lowest BCUT2D eigenvalue weighted by atomic mass is 9.79. The van der Waals surface area contributed by atoms with E-state index in [9.17, 15) is 36.6 Å². The van der Waals surface area contributed by atoms with Gasteiger partial charge in [0.2, 0.25) is 0 Å². The second-order valence-corrected chi connectivity index (χ2v) is 11.9. The van der Waals surface area contributed by atoms with Crippen LogP contribution in [0.2, 0.25) is 0 Å². The molecule has 0 aromatic carbocycles. The molecule has 1 saturated carbocycles. The first kappa shape index (κ1) is 29.1. The van der Waals surface area contributed by atoms with Crippen LogP contribution < -0.4 is 10.6 Å². The summed E-state index contributed by atoms with van der Waals surface area (Å²) in [7, 11) is 0. The molecular formula is C25H30F5N5O3S. The molecule has 8 nitrogen and oxygen atoms in total. The van der Waals surface area contributed by atoms with Crippen LogP contribution in [0.4, 0.5) is 27.8 Å². The van der Waals surface area contributed by atoms with Crippen LogP contribution in [0.15, 0.2) is 12.3 Å². The summed E-state index contributed by atoms with van der Waals surface area (Å²) in [6.45, 7) is 4.39. The molecule has 39 heavy (non-hydrogen) atoms. The lowest BCUT2D eigenvalue weighted by Gasteiger charge is -2.39. The smallest absolute Gasteiger partial charge is 0.389 e.